The van der Waals surface area contributed by atoms with E-state index in [2.05, 4.69) is 15.2 Å². The first-order chi connectivity index (χ1) is 12.5. The van der Waals surface area contributed by atoms with E-state index in [1.807, 2.05) is 44.2 Å². The molecule has 0 aliphatic rings. The van der Waals surface area contributed by atoms with Crippen LogP contribution >= 0.6 is 0 Å². The summed E-state index contributed by atoms with van der Waals surface area (Å²) in [4.78, 5) is 12.5. The Morgan fingerprint density at radius 2 is 1.73 bits per heavy atom. The fourth-order valence-corrected chi connectivity index (χ4v) is 2.62. The number of ether oxygens (including phenoxy) is 1. The second-order valence-corrected chi connectivity index (χ2v) is 5.65. The molecule has 0 aliphatic carbocycles. The smallest absolute Gasteiger partial charge is 0.387 e. The van der Waals surface area contributed by atoms with E-state index in [1.54, 1.807) is 4.68 Å². The number of hydrogen-bond donors (Lipinski definition) is 1. The summed E-state index contributed by atoms with van der Waals surface area (Å²) in [5, 5.41) is 7.31. The summed E-state index contributed by atoms with van der Waals surface area (Å²) in [6.07, 6.45) is 0. The van der Waals surface area contributed by atoms with Crippen molar-refractivity contribution >= 4 is 11.6 Å². The molecular weight excluding hydrogens is 340 g/mol. The lowest BCUT2D eigenvalue weighted by Crippen LogP contribution is -2.13. The highest BCUT2D eigenvalue weighted by molar-refractivity contribution is 6.05. The molecule has 0 atom stereocenters. The highest BCUT2D eigenvalue weighted by atomic mass is 19.3. The number of amides is 1. The van der Waals surface area contributed by atoms with Gasteiger partial charge in [-0.25, -0.2) is 4.68 Å². The highest BCUT2D eigenvalue weighted by Gasteiger charge is 2.16. The van der Waals surface area contributed by atoms with Crippen molar-refractivity contribution in [3.8, 4) is 11.4 Å². The first-order valence-corrected chi connectivity index (χ1v) is 7.93. The van der Waals surface area contributed by atoms with Crippen molar-refractivity contribution < 1.29 is 18.3 Å². The van der Waals surface area contributed by atoms with E-state index in [0.29, 0.717) is 16.9 Å². The van der Waals surface area contributed by atoms with Crippen LogP contribution < -0.4 is 10.1 Å². The van der Waals surface area contributed by atoms with Crippen LogP contribution in [0.3, 0.4) is 0 Å². The minimum absolute atomic E-state index is 0.000748. The van der Waals surface area contributed by atoms with Gasteiger partial charge in [0.1, 0.15) is 5.75 Å². The van der Waals surface area contributed by atoms with E-state index < -0.39 is 6.61 Å². The number of nitrogens with zero attached hydrogens (tertiary/aromatic N) is 2. The summed E-state index contributed by atoms with van der Waals surface area (Å²) < 4.78 is 30.4. The van der Waals surface area contributed by atoms with Crippen LogP contribution in [0.25, 0.3) is 5.69 Å². The molecule has 0 aliphatic heterocycles. The molecule has 0 bridgehead atoms. The Morgan fingerprint density at radius 3 is 2.35 bits per heavy atom. The summed E-state index contributed by atoms with van der Waals surface area (Å²) in [5.74, 6) is -0.354. The maximum atomic E-state index is 12.5. The lowest BCUT2D eigenvalue weighted by molar-refractivity contribution is -0.0498. The number of anilines is 1. The van der Waals surface area contributed by atoms with Gasteiger partial charge in [0.05, 0.1) is 22.8 Å². The quantitative estimate of drug-likeness (QED) is 0.739. The third kappa shape index (κ3) is 3.72. The molecule has 0 unspecified atom stereocenters. The Bertz CT molecular complexity index is 907. The minimum Gasteiger partial charge on any atom is -0.435 e. The minimum atomic E-state index is -2.90. The number of halogens is 2. The first kappa shape index (κ1) is 17.6. The van der Waals surface area contributed by atoms with Gasteiger partial charge in [-0.2, -0.15) is 13.9 Å². The highest BCUT2D eigenvalue weighted by Crippen LogP contribution is 2.24. The molecule has 26 heavy (non-hydrogen) atoms. The standard InChI is InChI=1S/C19H17F2N3O2/c1-12-17(13(2)24(23-12)15-6-4-3-5-7-15)22-18(25)14-8-10-16(11-9-14)26-19(20)21/h3-11,19H,1-2H3,(H,22,25). The van der Waals surface area contributed by atoms with Crippen molar-refractivity contribution in [3.05, 3.63) is 71.5 Å². The number of rotatable bonds is 5. The maximum Gasteiger partial charge on any atom is 0.387 e. The summed E-state index contributed by atoms with van der Waals surface area (Å²) >= 11 is 0. The van der Waals surface area contributed by atoms with Gasteiger partial charge in [-0.05, 0) is 50.2 Å². The predicted octanol–water partition coefficient (Wildman–Crippen LogP) is 4.34. The molecule has 2 aromatic carbocycles. The van der Waals surface area contributed by atoms with Gasteiger partial charge in [0.15, 0.2) is 0 Å². The van der Waals surface area contributed by atoms with Gasteiger partial charge in [-0.15, -0.1) is 0 Å². The normalized spacial score (nSPS) is 10.8. The molecule has 0 saturated carbocycles. The molecule has 0 saturated heterocycles. The van der Waals surface area contributed by atoms with Crippen LogP contribution in [-0.2, 0) is 0 Å². The van der Waals surface area contributed by atoms with Crippen molar-refractivity contribution in [3.63, 3.8) is 0 Å². The van der Waals surface area contributed by atoms with E-state index in [4.69, 9.17) is 0 Å². The Labute approximate surface area is 149 Å². The van der Waals surface area contributed by atoms with Gasteiger partial charge in [0.25, 0.3) is 5.91 Å². The van der Waals surface area contributed by atoms with E-state index in [9.17, 15) is 13.6 Å². The monoisotopic (exact) mass is 357 g/mol. The van der Waals surface area contributed by atoms with Crippen LogP contribution in [0.5, 0.6) is 5.75 Å². The number of benzene rings is 2. The molecule has 0 spiro atoms. The Hall–Kier alpha value is -3.22. The van der Waals surface area contributed by atoms with E-state index in [0.717, 1.165) is 11.4 Å². The molecule has 7 heteroatoms. The van der Waals surface area contributed by atoms with Gasteiger partial charge in [0, 0.05) is 5.56 Å². The lowest BCUT2D eigenvalue weighted by atomic mass is 10.2. The largest absolute Gasteiger partial charge is 0.435 e. The second-order valence-electron chi connectivity index (χ2n) is 5.65. The SMILES string of the molecule is Cc1nn(-c2ccccc2)c(C)c1NC(=O)c1ccc(OC(F)F)cc1. The summed E-state index contributed by atoms with van der Waals surface area (Å²) in [7, 11) is 0. The topological polar surface area (TPSA) is 56.2 Å². The molecule has 3 aromatic rings. The maximum absolute atomic E-state index is 12.5. The zero-order chi connectivity index (χ0) is 18.7. The van der Waals surface area contributed by atoms with Crippen molar-refractivity contribution in [2.24, 2.45) is 0 Å². The van der Waals surface area contributed by atoms with Crippen LogP contribution in [0.15, 0.2) is 54.6 Å². The van der Waals surface area contributed by atoms with Gasteiger partial charge < -0.3 is 10.1 Å². The van der Waals surface area contributed by atoms with Gasteiger partial charge in [-0.3, -0.25) is 4.79 Å². The third-order valence-corrected chi connectivity index (χ3v) is 3.87. The Balaban J connectivity index is 1.81. The average Bonchev–Trinajstić information content (AvgIpc) is 2.91. The molecule has 1 aromatic heterocycles. The van der Waals surface area contributed by atoms with Crippen molar-refractivity contribution in [1.82, 2.24) is 9.78 Å². The van der Waals surface area contributed by atoms with Crippen molar-refractivity contribution in [2.75, 3.05) is 5.32 Å². The third-order valence-electron chi connectivity index (χ3n) is 3.87. The predicted molar refractivity (Wildman–Crippen MR) is 94.1 cm³/mol. The summed E-state index contributed by atoms with van der Waals surface area (Å²) in [6.45, 7) is 0.771. The van der Waals surface area contributed by atoms with Crippen LogP contribution in [0.2, 0.25) is 0 Å². The molecule has 0 fully saturated rings. The van der Waals surface area contributed by atoms with Gasteiger partial charge >= 0.3 is 6.61 Å². The van der Waals surface area contributed by atoms with Gasteiger partial charge in [0.2, 0.25) is 0 Å². The Kier molecular flexibility index (Phi) is 4.97. The van der Waals surface area contributed by atoms with Crippen LogP contribution in [0.1, 0.15) is 21.7 Å². The number of alkyl halides is 2. The van der Waals surface area contributed by atoms with Crippen molar-refractivity contribution in [1.29, 1.82) is 0 Å². The van der Waals surface area contributed by atoms with Gasteiger partial charge in [-0.1, -0.05) is 18.2 Å². The number of hydrogen-bond acceptors (Lipinski definition) is 3. The molecule has 0 radical (unpaired) electrons. The number of carbonyl (C=O) groups is 1. The summed E-state index contributed by atoms with van der Waals surface area (Å²) in [6, 6.07) is 15.1. The van der Waals surface area contributed by atoms with Crippen LogP contribution in [-0.4, -0.2) is 22.3 Å². The lowest BCUT2D eigenvalue weighted by Gasteiger charge is -2.08. The molecule has 1 amide bonds. The Morgan fingerprint density at radius 1 is 1.08 bits per heavy atom. The second kappa shape index (κ2) is 7.35. The zero-order valence-electron chi connectivity index (χ0n) is 14.2. The molecular formula is C19H17F2N3O2. The zero-order valence-corrected chi connectivity index (χ0v) is 14.2. The van der Waals surface area contributed by atoms with Crippen LogP contribution in [0.4, 0.5) is 14.5 Å². The summed E-state index contributed by atoms with van der Waals surface area (Å²) in [5.41, 5.74) is 3.31. The fourth-order valence-electron chi connectivity index (χ4n) is 2.62. The number of carbonyl (C=O) groups excluding carboxylic acids is 1. The van der Waals surface area contributed by atoms with E-state index in [-0.39, 0.29) is 11.7 Å². The van der Waals surface area contributed by atoms with Crippen LogP contribution in [0, 0.1) is 13.8 Å². The molecule has 5 nitrogen and oxygen atoms in total. The number of para-hydroxylation sites is 1. The number of aryl methyl sites for hydroxylation is 1. The molecule has 1 heterocycles. The molecule has 1 N–H and O–H groups in total. The fraction of sp³-hybridized carbons (Fsp3) is 0.158. The van der Waals surface area contributed by atoms with E-state index in [1.165, 1.54) is 24.3 Å². The average molecular weight is 357 g/mol. The van der Waals surface area contributed by atoms with Crippen molar-refractivity contribution in [2.45, 2.75) is 20.5 Å². The molecule has 3 rings (SSSR count). The number of nitrogens with one attached hydrogen (secondary N) is 1. The number of aromatic nitrogens is 2. The molecule has 134 valence electrons. The van der Waals surface area contributed by atoms with E-state index >= 15 is 0 Å². The first-order valence-electron chi connectivity index (χ1n) is 7.93.